The van der Waals surface area contributed by atoms with Gasteiger partial charge in [-0.15, -0.1) is 0 Å². The highest BCUT2D eigenvalue weighted by atomic mass is 16.2. The standard InChI is InChI=1S/C23H27N3O4/c1-4-25(12-14-5-7-15(8-6-14)21(28)24(2)3)18(27)13-26-22(29)19-16-9-10-17(11-16)20(19)23(26)30/h5-10,16-17,19-20H,4,11-13H2,1-3H3. The van der Waals surface area contributed by atoms with Crippen LogP contribution in [0.4, 0.5) is 0 Å². The molecule has 1 aromatic rings. The van der Waals surface area contributed by atoms with E-state index in [-0.39, 0.29) is 53.8 Å². The average molecular weight is 409 g/mol. The molecule has 1 aromatic carbocycles. The van der Waals surface area contributed by atoms with Crippen LogP contribution in [0.15, 0.2) is 36.4 Å². The summed E-state index contributed by atoms with van der Waals surface area (Å²) in [4.78, 5) is 54.8. The third kappa shape index (κ3) is 3.32. The number of allylic oxidation sites excluding steroid dienone is 2. The van der Waals surface area contributed by atoms with E-state index in [1.165, 1.54) is 9.80 Å². The second kappa shape index (κ2) is 7.70. The predicted molar refractivity (Wildman–Crippen MR) is 110 cm³/mol. The van der Waals surface area contributed by atoms with Crippen molar-refractivity contribution >= 4 is 23.6 Å². The Bertz CT molecular complexity index is 891. The molecule has 0 radical (unpaired) electrons. The monoisotopic (exact) mass is 409 g/mol. The number of carbonyl (C=O) groups excluding carboxylic acids is 4. The van der Waals surface area contributed by atoms with Gasteiger partial charge in [-0.3, -0.25) is 24.1 Å². The third-order valence-electron chi connectivity index (χ3n) is 6.57. The molecular formula is C23H27N3O4. The van der Waals surface area contributed by atoms with Crippen molar-refractivity contribution in [3.05, 3.63) is 47.5 Å². The number of hydrogen-bond acceptors (Lipinski definition) is 4. The number of hydrogen-bond donors (Lipinski definition) is 0. The molecule has 0 N–H and O–H groups in total. The van der Waals surface area contributed by atoms with Crippen LogP contribution in [0.25, 0.3) is 0 Å². The van der Waals surface area contributed by atoms with Crippen molar-refractivity contribution < 1.29 is 19.2 Å². The number of nitrogens with zero attached hydrogens (tertiary/aromatic N) is 3. The smallest absolute Gasteiger partial charge is 0.253 e. The number of imide groups is 1. The molecule has 2 fully saturated rings. The van der Waals surface area contributed by atoms with E-state index in [1.54, 1.807) is 31.1 Å². The van der Waals surface area contributed by atoms with Crippen molar-refractivity contribution in [2.24, 2.45) is 23.7 Å². The lowest BCUT2D eigenvalue weighted by Crippen LogP contribution is -2.43. The Morgan fingerprint density at radius 3 is 2.07 bits per heavy atom. The van der Waals surface area contributed by atoms with Crippen molar-refractivity contribution in [3.8, 4) is 0 Å². The first-order valence-electron chi connectivity index (χ1n) is 10.4. The maximum Gasteiger partial charge on any atom is 0.253 e. The van der Waals surface area contributed by atoms with Gasteiger partial charge in [0.25, 0.3) is 5.91 Å². The number of rotatable bonds is 6. The van der Waals surface area contributed by atoms with Gasteiger partial charge in [0.15, 0.2) is 0 Å². The van der Waals surface area contributed by atoms with Gasteiger partial charge in [-0.2, -0.15) is 0 Å². The minimum Gasteiger partial charge on any atom is -0.345 e. The molecular weight excluding hydrogens is 382 g/mol. The molecule has 1 saturated carbocycles. The highest BCUT2D eigenvalue weighted by Crippen LogP contribution is 2.52. The van der Waals surface area contributed by atoms with Crippen LogP contribution >= 0.6 is 0 Å². The molecule has 7 nitrogen and oxygen atoms in total. The fraction of sp³-hybridized carbons (Fsp3) is 0.478. The van der Waals surface area contributed by atoms with E-state index in [9.17, 15) is 19.2 Å². The Kier molecular flexibility index (Phi) is 5.22. The van der Waals surface area contributed by atoms with Crippen molar-refractivity contribution in [1.29, 1.82) is 0 Å². The Hall–Kier alpha value is -2.96. The molecule has 2 aliphatic carbocycles. The van der Waals surface area contributed by atoms with Crippen LogP contribution in [0.2, 0.25) is 0 Å². The van der Waals surface area contributed by atoms with Gasteiger partial charge in [0.05, 0.1) is 11.8 Å². The van der Waals surface area contributed by atoms with Crippen LogP contribution in [0, 0.1) is 23.7 Å². The first-order chi connectivity index (χ1) is 14.3. The van der Waals surface area contributed by atoms with Gasteiger partial charge in [-0.1, -0.05) is 24.3 Å². The number of amides is 4. The summed E-state index contributed by atoms with van der Waals surface area (Å²) in [6, 6.07) is 7.14. The van der Waals surface area contributed by atoms with Crippen LogP contribution in [-0.2, 0) is 20.9 Å². The second-order valence-electron chi connectivity index (χ2n) is 8.57. The summed E-state index contributed by atoms with van der Waals surface area (Å²) in [5, 5.41) is 0. The van der Waals surface area contributed by atoms with E-state index >= 15 is 0 Å². The molecule has 0 aromatic heterocycles. The molecule has 1 heterocycles. The normalized spacial score (nSPS) is 26.3. The van der Waals surface area contributed by atoms with E-state index in [0.29, 0.717) is 18.7 Å². The van der Waals surface area contributed by atoms with Crippen molar-refractivity contribution in [3.63, 3.8) is 0 Å². The first kappa shape index (κ1) is 20.3. The fourth-order valence-corrected chi connectivity index (χ4v) is 4.96. The van der Waals surface area contributed by atoms with E-state index in [1.807, 2.05) is 31.2 Å². The lowest BCUT2D eigenvalue weighted by Gasteiger charge is -2.24. The summed E-state index contributed by atoms with van der Waals surface area (Å²) in [5.74, 6) is -0.993. The quantitative estimate of drug-likeness (QED) is 0.528. The Balaban J connectivity index is 1.41. The van der Waals surface area contributed by atoms with Crippen molar-refractivity contribution in [2.75, 3.05) is 27.2 Å². The molecule has 30 heavy (non-hydrogen) atoms. The molecule has 4 atom stereocenters. The molecule has 4 amide bonds. The van der Waals surface area contributed by atoms with Crippen molar-refractivity contribution in [1.82, 2.24) is 14.7 Å². The number of carbonyl (C=O) groups is 4. The lowest BCUT2D eigenvalue weighted by molar-refractivity contribution is -0.147. The molecule has 158 valence electrons. The molecule has 1 aliphatic heterocycles. The molecule has 2 bridgehead atoms. The van der Waals surface area contributed by atoms with Crippen LogP contribution in [0.5, 0.6) is 0 Å². The third-order valence-corrected chi connectivity index (χ3v) is 6.57. The number of likely N-dealkylation sites (tertiary alicyclic amines) is 1. The maximum atomic E-state index is 12.9. The van der Waals surface area contributed by atoms with E-state index in [2.05, 4.69) is 0 Å². The van der Waals surface area contributed by atoms with E-state index in [0.717, 1.165) is 12.0 Å². The highest BCUT2D eigenvalue weighted by molar-refractivity contribution is 6.08. The van der Waals surface area contributed by atoms with Crippen LogP contribution < -0.4 is 0 Å². The summed E-state index contributed by atoms with van der Waals surface area (Å²) in [6.45, 7) is 2.50. The van der Waals surface area contributed by atoms with Crippen LogP contribution in [-0.4, -0.2) is 65.5 Å². The van der Waals surface area contributed by atoms with Gasteiger partial charge in [0.2, 0.25) is 17.7 Å². The van der Waals surface area contributed by atoms with Crippen LogP contribution in [0.3, 0.4) is 0 Å². The Morgan fingerprint density at radius 1 is 1.00 bits per heavy atom. The lowest BCUT2D eigenvalue weighted by atomic mass is 9.85. The zero-order valence-corrected chi connectivity index (χ0v) is 17.6. The minimum atomic E-state index is -0.280. The maximum absolute atomic E-state index is 12.9. The topological polar surface area (TPSA) is 78.0 Å². The van der Waals surface area contributed by atoms with Gasteiger partial charge < -0.3 is 9.80 Å². The molecule has 4 rings (SSSR count). The highest BCUT2D eigenvalue weighted by Gasteiger charge is 2.59. The zero-order valence-electron chi connectivity index (χ0n) is 17.6. The average Bonchev–Trinajstić information content (AvgIpc) is 3.42. The summed E-state index contributed by atoms with van der Waals surface area (Å²) in [5.41, 5.74) is 1.47. The first-order valence-corrected chi connectivity index (χ1v) is 10.4. The Morgan fingerprint density at radius 2 is 1.57 bits per heavy atom. The summed E-state index contributed by atoms with van der Waals surface area (Å²) in [6.07, 6.45) is 4.97. The number of benzene rings is 1. The number of fused-ring (bicyclic) bond motifs is 5. The van der Waals surface area contributed by atoms with E-state index in [4.69, 9.17) is 0 Å². The molecule has 1 saturated heterocycles. The molecule has 4 unspecified atom stereocenters. The molecule has 7 heteroatoms. The van der Waals surface area contributed by atoms with Crippen LogP contribution in [0.1, 0.15) is 29.3 Å². The second-order valence-corrected chi connectivity index (χ2v) is 8.57. The zero-order chi connectivity index (χ0) is 21.6. The summed E-state index contributed by atoms with van der Waals surface area (Å²) >= 11 is 0. The van der Waals surface area contributed by atoms with Gasteiger partial charge in [-0.05, 0) is 42.9 Å². The SMILES string of the molecule is CCN(Cc1ccc(C(=O)N(C)C)cc1)C(=O)CN1C(=O)C2C3C=CC(C3)C2C1=O. The van der Waals surface area contributed by atoms with Gasteiger partial charge in [-0.25, -0.2) is 0 Å². The largest absolute Gasteiger partial charge is 0.345 e. The van der Waals surface area contributed by atoms with E-state index < -0.39 is 0 Å². The molecule has 3 aliphatic rings. The minimum absolute atomic E-state index is 0.0787. The Labute approximate surface area is 176 Å². The van der Waals surface area contributed by atoms with Gasteiger partial charge >= 0.3 is 0 Å². The fourth-order valence-electron chi connectivity index (χ4n) is 4.96. The summed E-state index contributed by atoms with van der Waals surface area (Å²) < 4.78 is 0. The van der Waals surface area contributed by atoms with Gasteiger partial charge in [0.1, 0.15) is 6.54 Å². The number of likely N-dealkylation sites (N-methyl/N-ethyl adjacent to an activating group) is 1. The molecule has 0 spiro atoms. The predicted octanol–water partition coefficient (Wildman–Crippen LogP) is 1.54. The van der Waals surface area contributed by atoms with Crippen molar-refractivity contribution in [2.45, 2.75) is 19.9 Å². The van der Waals surface area contributed by atoms with Gasteiger partial charge in [0, 0.05) is 32.7 Å². The summed E-state index contributed by atoms with van der Waals surface area (Å²) in [7, 11) is 3.40.